The third-order valence-corrected chi connectivity index (χ3v) is 5.26. The summed E-state index contributed by atoms with van der Waals surface area (Å²) in [6, 6.07) is 8.17. The molecule has 0 aliphatic rings. The Morgan fingerprint density at radius 3 is 2.78 bits per heavy atom. The number of hydrogen-bond acceptors (Lipinski definition) is 6. The van der Waals surface area contributed by atoms with Crippen molar-refractivity contribution in [2.75, 3.05) is 0 Å². The van der Waals surface area contributed by atoms with Crippen LogP contribution in [0.3, 0.4) is 0 Å². The summed E-state index contributed by atoms with van der Waals surface area (Å²) in [7, 11) is 0. The maximum atomic E-state index is 4.55. The van der Waals surface area contributed by atoms with E-state index in [1.807, 2.05) is 30.0 Å². The number of pyridine rings is 2. The van der Waals surface area contributed by atoms with E-state index < -0.39 is 0 Å². The van der Waals surface area contributed by atoms with Gasteiger partial charge in [-0.2, -0.15) is 0 Å². The van der Waals surface area contributed by atoms with Gasteiger partial charge in [0.1, 0.15) is 11.8 Å². The Morgan fingerprint density at radius 2 is 1.85 bits per heavy atom. The fourth-order valence-corrected chi connectivity index (χ4v) is 3.88. The van der Waals surface area contributed by atoms with Crippen molar-refractivity contribution in [3.63, 3.8) is 0 Å². The topological polar surface area (TPSA) is 85.2 Å². The average Bonchev–Trinajstić information content (AvgIpc) is 3.46. The molecule has 128 valence electrons. The lowest BCUT2D eigenvalue weighted by Gasteiger charge is -2.07. The van der Waals surface area contributed by atoms with Gasteiger partial charge in [0.2, 0.25) is 0 Å². The molecule has 1 aromatic carbocycles. The first-order valence-corrected chi connectivity index (χ1v) is 9.15. The Labute approximate surface area is 156 Å². The van der Waals surface area contributed by atoms with E-state index in [2.05, 4.69) is 46.0 Å². The molecule has 6 rings (SSSR count). The van der Waals surface area contributed by atoms with Crippen molar-refractivity contribution in [1.29, 1.82) is 0 Å². The van der Waals surface area contributed by atoms with Crippen LogP contribution in [0.1, 0.15) is 0 Å². The fourth-order valence-electron chi connectivity index (χ4n) is 3.35. The van der Waals surface area contributed by atoms with Crippen LogP contribution in [0.5, 0.6) is 0 Å². The van der Waals surface area contributed by atoms with Gasteiger partial charge in [0.05, 0.1) is 52.7 Å². The van der Waals surface area contributed by atoms with Gasteiger partial charge < -0.3 is 4.98 Å². The zero-order chi connectivity index (χ0) is 17.8. The van der Waals surface area contributed by atoms with Crippen molar-refractivity contribution in [3.8, 4) is 16.9 Å². The zero-order valence-electron chi connectivity index (χ0n) is 13.9. The van der Waals surface area contributed by atoms with Crippen molar-refractivity contribution in [1.82, 2.24) is 33.9 Å². The Bertz CT molecular complexity index is 1430. The lowest BCUT2D eigenvalue weighted by atomic mass is 10.1. The minimum absolute atomic E-state index is 0.832. The molecule has 8 heteroatoms. The van der Waals surface area contributed by atoms with E-state index in [1.54, 1.807) is 18.7 Å². The molecule has 0 bridgehead atoms. The van der Waals surface area contributed by atoms with Gasteiger partial charge in [-0.1, -0.05) is 0 Å². The van der Waals surface area contributed by atoms with Gasteiger partial charge in [-0.3, -0.25) is 14.5 Å². The van der Waals surface area contributed by atoms with Gasteiger partial charge in [0.25, 0.3) is 0 Å². The van der Waals surface area contributed by atoms with Gasteiger partial charge in [-0.25, -0.2) is 14.3 Å². The van der Waals surface area contributed by atoms with Crippen LogP contribution >= 0.6 is 11.5 Å². The molecule has 0 saturated heterocycles. The second-order valence-corrected chi connectivity index (χ2v) is 6.87. The van der Waals surface area contributed by atoms with Crippen LogP contribution in [-0.4, -0.2) is 33.9 Å². The second kappa shape index (κ2) is 5.42. The number of aromatic nitrogens is 7. The molecule has 5 heterocycles. The summed E-state index contributed by atoms with van der Waals surface area (Å²) < 4.78 is 6.26. The number of aromatic amines is 1. The Morgan fingerprint density at radius 1 is 0.889 bits per heavy atom. The molecular formula is C19H11N7S. The quantitative estimate of drug-likeness (QED) is 0.499. The lowest BCUT2D eigenvalue weighted by molar-refractivity contribution is 1.10. The van der Waals surface area contributed by atoms with Gasteiger partial charge in [0.15, 0.2) is 0 Å². The van der Waals surface area contributed by atoms with Gasteiger partial charge in [0, 0.05) is 22.0 Å². The van der Waals surface area contributed by atoms with E-state index >= 15 is 0 Å². The van der Waals surface area contributed by atoms with Crippen LogP contribution in [0.4, 0.5) is 0 Å². The molecule has 0 spiro atoms. The van der Waals surface area contributed by atoms with Gasteiger partial charge in [-0.05, 0) is 35.8 Å². The van der Waals surface area contributed by atoms with E-state index in [9.17, 15) is 0 Å². The first-order chi connectivity index (χ1) is 13.4. The Hall–Kier alpha value is -3.65. The number of nitrogens with one attached hydrogen (secondary N) is 1. The number of benzene rings is 1. The van der Waals surface area contributed by atoms with Crippen molar-refractivity contribution in [2.45, 2.75) is 0 Å². The molecule has 5 aromatic heterocycles. The molecule has 0 aliphatic heterocycles. The number of fused-ring (bicyclic) bond motifs is 4. The molecule has 0 atom stereocenters. The van der Waals surface area contributed by atoms with E-state index in [1.165, 1.54) is 11.5 Å². The third-order valence-electron chi connectivity index (χ3n) is 4.67. The van der Waals surface area contributed by atoms with Crippen LogP contribution in [0, 0.1) is 0 Å². The smallest absolute Gasteiger partial charge is 0.108 e. The second-order valence-electron chi connectivity index (χ2n) is 6.21. The summed E-state index contributed by atoms with van der Waals surface area (Å²) in [5, 5.41) is 3.00. The summed E-state index contributed by atoms with van der Waals surface area (Å²) in [4.78, 5) is 21.1. The fraction of sp³-hybridized carbons (Fsp3) is 0. The largest absolute Gasteiger partial charge is 0.345 e. The van der Waals surface area contributed by atoms with E-state index in [0.717, 1.165) is 49.9 Å². The maximum Gasteiger partial charge on any atom is 0.108 e. The standard InChI is InChI=1S/C19H11N7S/c1-2-14-16(23-9-22-14)3-12(1)26-10-24-18-7-21-17-6-20-15(4-13(17)19(18)26)11-5-25-27-8-11/h1-10H,(H,22,23). The molecule has 27 heavy (non-hydrogen) atoms. The van der Waals surface area contributed by atoms with Crippen LogP contribution in [0.2, 0.25) is 0 Å². The number of hydrogen-bond donors (Lipinski definition) is 1. The summed E-state index contributed by atoms with van der Waals surface area (Å²) in [6.07, 6.45) is 8.95. The molecular weight excluding hydrogens is 358 g/mol. The molecule has 6 aromatic rings. The number of imidazole rings is 2. The van der Waals surface area contributed by atoms with Crippen molar-refractivity contribution in [2.24, 2.45) is 0 Å². The molecule has 0 fully saturated rings. The predicted molar refractivity (Wildman–Crippen MR) is 105 cm³/mol. The molecule has 0 unspecified atom stereocenters. The molecule has 0 saturated carbocycles. The summed E-state index contributed by atoms with van der Waals surface area (Å²) >= 11 is 1.41. The highest BCUT2D eigenvalue weighted by Gasteiger charge is 2.13. The molecule has 7 nitrogen and oxygen atoms in total. The van der Waals surface area contributed by atoms with Crippen LogP contribution in [0.15, 0.2) is 60.9 Å². The van der Waals surface area contributed by atoms with E-state index in [4.69, 9.17) is 0 Å². The lowest BCUT2D eigenvalue weighted by Crippen LogP contribution is -1.94. The molecule has 0 radical (unpaired) electrons. The van der Waals surface area contributed by atoms with E-state index in [0.29, 0.717) is 0 Å². The Kier molecular flexibility index (Phi) is 2.91. The zero-order valence-corrected chi connectivity index (χ0v) is 14.7. The number of rotatable bonds is 2. The predicted octanol–water partition coefficient (Wildman–Crippen LogP) is 3.97. The SMILES string of the molecule is c1nc2ccc(-n3cnc4cnc5cnc(-c6cnsc6)cc5c43)cc2[nH]1. The average molecular weight is 369 g/mol. The molecule has 0 aliphatic carbocycles. The van der Waals surface area contributed by atoms with E-state index in [-0.39, 0.29) is 0 Å². The van der Waals surface area contributed by atoms with Crippen molar-refractivity contribution in [3.05, 3.63) is 60.9 Å². The first-order valence-electron chi connectivity index (χ1n) is 8.32. The monoisotopic (exact) mass is 369 g/mol. The minimum Gasteiger partial charge on any atom is -0.345 e. The van der Waals surface area contributed by atoms with Crippen LogP contribution in [-0.2, 0) is 0 Å². The van der Waals surface area contributed by atoms with Gasteiger partial charge >= 0.3 is 0 Å². The Balaban J connectivity index is 1.66. The first kappa shape index (κ1) is 14.5. The van der Waals surface area contributed by atoms with Crippen LogP contribution in [0.25, 0.3) is 49.9 Å². The number of nitrogens with zero attached hydrogens (tertiary/aromatic N) is 6. The van der Waals surface area contributed by atoms with Gasteiger partial charge in [-0.15, -0.1) is 0 Å². The minimum atomic E-state index is 0.832. The highest BCUT2D eigenvalue weighted by atomic mass is 32.1. The summed E-state index contributed by atoms with van der Waals surface area (Å²) in [5.41, 5.74) is 7.49. The summed E-state index contributed by atoms with van der Waals surface area (Å²) in [5.74, 6) is 0. The van der Waals surface area contributed by atoms with Crippen molar-refractivity contribution >= 4 is 44.5 Å². The third kappa shape index (κ3) is 2.17. The molecule has 1 N–H and O–H groups in total. The normalized spacial score (nSPS) is 11.7. The summed E-state index contributed by atoms with van der Waals surface area (Å²) in [6.45, 7) is 0. The maximum absolute atomic E-state index is 4.55. The van der Waals surface area contributed by atoms with Crippen LogP contribution < -0.4 is 0 Å². The number of H-pyrrole nitrogens is 1. The highest BCUT2D eigenvalue weighted by Crippen LogP contribution is 2.29. The van der Waals surface area contributed by atoms with Crippen molar-refractivity contribution < 1.29 is 0 Å². The molecule has 0 amide bonds. The highest BCUT2D eigenvalue weighted by molar-refractivity contribution is 7.03.